The third kappa shape index (κ3) is 5.17. The fraction of sp³-hybridized carbons (Fsp3) is 0.833. The van der Waals surface area contributed by atoms with Gasteiger partial charge < -0.3 is 16.2 Å². The van der Waals surface area contributed by atoms with Gasteiger partial charge in [0.1, 0.15) is 12.1 Å². The van der Waals surface area contributed by atoms with Crippen molar-refractivity contribution in [2.75, 3.05) is 0 Å². The molecule has 4 N–H and O–H groups in total. The van der Waals surface area contributed by atoms with E-state index in [1.165, 1.54) is 0 Å². The van der Waals surface area contributed by atoms with Crippen LogP contribution in [0.1, 0.15) is 39.5 Å². The van der Waals surface area contributed by atoms with E-state index in [0.717, 1.165) is 12.8 Å². The second-order valence-electron chi connectivity index (χ2n) is 5.29. The molecule has 0 aromatic rings. The molecule has 1 aliphatic carbocycles. The Morgan fingerprint density at radius 2 is 2.00 bits per heavy atom. The highest BCUT2D eigenvalue weighted by molar-refractivity contribution is 5.88. The van der Waals surface area contributed by atoms with Crippen molar-refractivity contribution in [2.45, 2.75) is 51.7 Å². The molecule has 98 valence electrons. The molecule has 1 aliphatic rings. The van der Waals surface area contributed by atoms with Gasteiger partial charge in [0.05, 0.1) is 0 Å². The molecular formula is C12H22N2O3. The molecule has 17 heavy (non-hydrogen) atoms. The fourth-order valence-corrected chi connectivity index (χ4v) is 1.75. The van der Waals surface area contributed by atoms with Gasteiger partial charge in [0.15, 0.2) is 0 Å². The normalized spacial score (nSPS) is 18.8. The lowest BCUT2D eigenvalue weighted by molar-refractivity contribution is -0.133. The number of aliphatic hydroxyl groups is 1. The van der Waals surface area contributed by atoms with Gasteiger partial charge in [0.25, 0.3) is 0 Å². The summed E-state index contributed by atoms with van der Waals surface area (Å²) in [7, 11) is 0. The molecule has 2 atom stereocenters. The summed E-state index contributed by atoms with van der Waals surface area (Å²) >= 11 is 0. The number of primary amides is 1. The number of amides is 2. The first-order valence-corrected chi connectivity index (χ1v) is 6.18. The van der Waals surface area contributed by atoms with Crippen molar-refractivity contribution < 1.29 is 14.7 Å². The highest BCUT2D eigenvalue weighted by Crippen LogP contribution is 2.33. The van der Waals surface area contributed by atoms with E-state index >= 15 is 0 Å². The number of nitrogens with one attached hydrogen (secondary N) is 1. The van der Waals surface area contributed by atoms with E-state index in [1.54, 1.807) is 0 Å². The molecule has 5 nitrogen and oxygen atoms in total. The van der Waals surface area contributed by atoms with Crippen LogP contribution < -0.4 is 11.1 Å². The van der Waals surface area contributed by atoms with Crippen molar-refractivity contribution in [2.24, 2.45) is 17.6 Å². The second kappa shape index (κ2) is 6.00. The molecule has 0 aromatic carbocycles. The summed E-state index contributed by atoms with van der Waals surface area (Å²) in [5, 5.41) is 12.1. The molecule has 0 spiro atoms. The molecule has 1 saturated carbocycles. The summed E-state index contributed by atoms with van der Waals surface area (Å²) in [5.74, 6) is -0.300. The molecule has 0 aliphatic heterocycles. The monoisotopic (exact) mass is 242 g/mol. The van der Waals surface area contributed by atoms with E-state index in [4.69, 9.17) is 5.73 Å². The third-order valence-electron chi connectivity index (χ3n) is 2.92. The highest BCUT2D eigenvalue weighted by atomic mass is 16.3. The Labute approximate surface area is 102 Å². The summed E-state index contributed by atoms with van der Waals surface area (Å²) in [6, 6.07) is -0.642. The van der Waals surface area contributed by atoms with Crippen LogP contribution in [-0.2, 0) is 9.59 Å². The Morgan fingerprint density at radius 3 is 2.41 bits per heavy atom. The van der Waals surface area contributed by atoms with Crippen molar-refractivity contribution in [3.8, 4) is 0 Å². The predicted octanol–water partition coefficient (Wildman–Crippen LogP) is 0.164. The first-order valence-electron chi connectivity index (χ1n) is 6.18. The number of carbonyl (C=O) groups is 2. The number of nitrogens with two attached hydrogens (primary N) is 1. The van der Waals surface area contributed by atoms with Gasteiger partial charge in [0.2, 0.25) is 11.8 Å². The third-order valence-corrected chi connectivity index (χ3v) is 2.92. The topological polar surface area (TPSA) is 92.4 Å². The molecule has 1 rings (SSSR count). The average Bonchev–Trinajstić information content (AvgIpc) is 2.99. The van der Waals surface area contributed by atoms with E-state index in [2.05, 4.69) is 5.32 Å². The van der Waals surface area contributed by atoms with Gasteiger partial charge in [-0.1, -0.05) is 26.7 Å². The van der Waals surface area contributed by atoms with Gasteiger partial charge in [-0.25, -0.2) is 0 Å². The molecule has 2 amide bonds. The van der Waals surface area contributed by atoms with Crippen LogP contribution in [0.25, 0.3) is 0 Å². The fourth-order valence-electron chi connectivity index (χ4n) is 1.75. The van der Waals surface area contributed by atoms with Crippen LogP contribution in [0.3, 0.4) is 0 Å². The second-order valence-corrected chi connectivity index (χ2v) is 5.29. The van der Waals surface area contributed by atoms with E-state index in [-0.39, 0.29) is 5.92 Å². The first-order chi connectivity index (χ1) is 7.90. The Morgan fingerprint density at radius 1 is 1.41 bits per heavy atom. The largest absolute Gasteiger partial charge is 0.383 e. The standard InChI is InChI=1S/C12H22N2O3/c1-7(2)5-10(15)12(17)14-9(11(13)16)6-8-3-4-8/h7-10,15H,3-6H2,1-2H3,(H2,13,16)(H,14,17)/t9-,10-/m0/s1. The van der Waals surface area contributed by atoms with Crippen molar-refractivity contribution in [3.63, 3.8) is 0 Å². The summed E-state index contributed by atoms with van der Waals surface area (Å²) < 4.78 is 0. The zero-order chi connectivity index (χ0) is 13.0. The van der Waals surface area contributed by atoms with Crippen molar-refractivity contribution >= 4 is 11.8 Å². The smallest absolute Gasteiger partial charge is 0.249 e. The maximum Gasteiger partial charge on any atom is 0.249 e. The minimum atomic E-state index is -1.06. The minimum absolute atomic E-state index is 0.228. The van der Waals surface area contributed by atoms with Crippen LogP contribution in [0.2, 0.25) is 0 Å². The number of aliphatic hydroxyl groups excluding tert-OH is 1. The van der Waals surface area contributed by atoms with Crippen LogP contribution >= 0.6 is 0 Å². The maximum absolute atomic E-state index is 11.6. The Balaban J connectivity index is 2.41. The van der Waals surface area contributed by atoms with Crippen LogP contribution in [-0.4, -0.2) is 29.1 Å². The van der Waals surface area contributed by atoms with Gasteiger partial charge in [0, 0.05) is 0 Å². The molecule has 5 heteroatoms. The van der Waals surface area contributed by atoms with Crippen LogP contribution in [0.15, 0.2) is 0 Å². The number of hydrogen-bond acceptors (Lipinski definition) is 3. The lowest BCUT2D eigenvalue weighted by Crippen LogP contribution is -2.48. The highest BCUT2D eigenvalue weighted by Gasteiger charge is 2.30. The molecule has 0 unspecified atom stereocenters. The Kier molecular flexibility index (Phi) is 4.93. The number of carbonyl (C=O) groups excluding carboxylic acids is 2. The molecule has 0 radical (unpaired) electrons. The van der Waals surface area contributed by atoms with Crippen LogP contribution in [0.4, 0.5) is 0 Å². The van der Waals surface area contributed by atoms with Crippen LogP contribution in [0, 0.1) is 11.8 Å². The molecular weight excluding hydrogens is 220 g/mol. The van der Waals surface area contributed by atoms with Crippen LogP contribution in [0.5, 0.6) is 0 Å². The van der Waals surface area contributed by atoms with Crippen molar-refractivity contribution in [1.82, 2.24) is 5.32 Å². The summed E-state index contributed by atoms with van der Waals surface area (Å²) in [5.41, 5.74) is 5.23. The lowest BCUT2D eigenvalue weighted by atomic mass is 10.0. The first kappa shape index (κ1) is 14.0. The van der Waals surface area contributed by atoms with Gasteiger partial charge in [-0.3, -0.25) is 9.59 Å². The molecule has 0 saturated heterocycles. The molecule has 0 aromatic heterocycles. The summed E-state index contributed by atoms with van der Waals surface area (Å²) in [4.78, 5) is 22.8. The zero-order valence-corrected chi connectivity index (χ0v) is 10.5. The Bertz CT molecular complexity index is 287. The summed E-state index contributed by atoms with van der Waals surface area (Å²) in [6.45, 7) is 3.85. The number of hydrogen-bond donors (Lipinski definition) is 3. The van der Waals surface area contributed by atoms with E-state index in [9.17, 15) is 14.7 Å². The van der Waals surface area contributed by atoms with Gasteiger partial charge >= 0.3 is 0 Å². The summed E-state index contributed by atoms with van der Waals surface area (Å²) in [6.07, 6.45) is 2.11. The predicted molar refractivity (Wildman–Crippen MR) is 63.9 cm³/mol. The minimum Gasteiger partial charge on any atom is -0.383 e. The molecule has 0 bridgehead atoms. The Hall–Kier alpha value is -1.10. The van der Waals surface area contributed by atoms with E-state index in [0.29, 0.717) is 18.8 Å². The molecule has 0 heterocycles. The van der Waals surface area contributed by atoms with Crippen molar-refractivity contribution in [3.05, 3.63) is 0 Å². The van der Waals surface area contributed by atoms with Gasteiger partial charge in [-0.2, -0.15) is 0 Å². The van der Waals surface area contributed by atoms with E-state index in [1.807, 2.05) is 13.8 Å². The zero-order valence-electron chi connectivity index (χ0n) is 10.5. The van der Waals surface area contributed by atoms with Gasteiger partial charge in [-0.15, -0.1) is 0 Å². The average molecular weight is 242 g/mol. The van der Waals surface area contributed by atoms with Crippen molar-refractivity contribution in [1.29, 1.82) is 0 Å². The SMILES string of the molecule is CC(C)C[C@H](O)C(=O)N[C@@H](CC1CC1)C(N)=O. The van der Waals surface area contributed by atoms with E-state index < -0.39 is 24.0 Å². The lowest BCUT2D eigenvalue weighted by Gasteiger charge is -2.18. The number of rotatable bonds is 7. The maximum atomic E-state index is 11.6. The van der Waals surface area contributed by atoms with Gasteiger partial charge in [-0.05, 0) is 24.7 Å². The quantitative estimate of drug-likeness (QED) is 0.594. The molecule has 1 fully saturated rings.